The average Bonchev–Trinajstić information content (AvgIpc) is 3.09. The summed E-state index contributed by atoms with van der Waals surface area (Å²) in [7, 11) is 5.70. The van der Waals surface area contributed by atoms with Crippen molar-refractivity contribution >= 4 is 6.08 Å². The molecule has 4 nitrogen and oxygen atoms in total. The fraction of sp³-hybridized carbons (Fsp3) is 0.500. The van der Waals surface area contributed by atoms with E-state index in [1.807, 2.05) is 26.2 Å². The van der Waals surface area contributed by atoms with Crippen LogP contribution in [-0.4, -0.2) is 32.2 Å². The maximum Gasteiger partial charge on any atom is 0.235 e. The van der Waals surface area contributed by atoms with Gasteiger partial charge in [-0.25, -0.2) is 4.79 Å². The van der Waals surface area contributed by atoms with E-state index >= 15 is 0 Å². The quantitative estimate of drug-likeness (QED) is 0.590. The van der Waals surface area contributed by atoms with Gasteiger partial charge in [0.1, 0.15) is 5.75 Å². The van der Waals surface area contributed by atoms with E-state index < -0.39 is 0 Å². The van der Waals surface area contributed by atoms with Crippen molar-refractivity contribution in [3.8, 4) is 5.75 Å². The number of benzene rings is 1. The van der Waals surface area contributed by atoms with Crippen molar-refractivity contribution in [1.29, 1.82) is 0 Å². The number of hydrogen-bond donors (Lipinski definition) is 0. The Morgan fingerprint density at radius 2 is 2.11 bits per heavy atom. The van der Waals surface area contributed by atoms with E-state index in [9.17, 15) is 4.79 Å². The summed E-state index contributed by atoms with van der Waals surface area (Å²) >= 11 is 0. The van der Waals surface area contributed by atoms with Gasteiger partial charge in [-0.15, -0.1) is 0 Å². The van der Waals surface area contributed by atoms with Crippen LogP contribution in [0.2, 0.25) is 0 Å². The first kappa shape index (κ1) is 12.8. The predicted molar refractivity (Wildman–Crippen MR) is 69.4 cm³/mol. The molecule has 0 amide bonds. The largest absolute Gasteiger partial charge is 0.497 e. The molecular formula is C14H18N2O2. The van der Waals surface area contributed by atoms with Gasteiger partial charge in [-0.2, -0.15) is 4.99 Å². The minimum Gasteiger partial charge on any atom is -0.497 e. The molecule has 0 spiro atoms. The molecule has 0 N–H and O–H groups in total. The molecule has 18 heavy (non-hydrogen) atoms. The van der Waals surface area contributed by atoms with Gasteiger partial charge < -0.3 is 9.64 Å². The van der Waals surface area contributed by atoms with Gasteiger partial charge >= 0.3 is 0 Å². The van der Waals surface area contributed by atoms with E-state index in [0.29, 0.717) is 0 Å². The van der Waals surface area contributed by atoms with Gasteiger partial charge in [-0.3, -0.25) is 0 Å². The molecule has 1 aliphatic carbocycles. The van der Waals surface area contributed by atoms with Crippen LogP contribution in [-0.2, 0) is 16.9 Å². The highest BCUT2D eigenvalue weighted by molar-refractivity contribution is 5.45. The zero-order valence-corrected chi connectivity index (χ0v) is 11.1. The molecule has 0 aliphatic heterocycles. The van der Waals surface area contributed by atoms with Crippen molar-refractivity contribution in [1.82, 2.24) is 4.90 Å². The topological polar surface area (TPSA) is 41.9 Å². The van der Waals surface area contributed by atoms with Crippen LogP contribution in [0.3, 0.4) is 0 Å². The molecule has 0 aromatic heterocycles. The number of isocyanates is 1. The van der Waals surface area contributed by atoms with E-state index in [-0.39, 0.29) is 5.54 Å². The molecule has 0 radical (unpaired) electrons. The molecule has 2 rings (SSSR count). The number of hydrogen-bond acceptors (Lipinski definition) is 4. The SMILES string of the molecule is COc1cc(CN(C)C)cc(C2(N=C=O)CC2)c1. The fourth-order valence-electron chi connectivity index (χ4n) is 2.17. The summed E-state index contributed by atoms with van der Waals surface area (Å²) < 4.78 is 5.32. The highest BCUT2D eigenvalue weighted by Gasteiger charge is 2.45. The summed E-state index contributed by atoms with van der Waals surface area (Å²) in [5.74, 6) is 0.816. The maximum absolute atomic E-state index is 10.5. The number of rotatable bonds is 5. The molecule has 0 bridgehead atoms. The van der Waals surface area contributed by atoms with Gasteiger partial charge in [0, 0.05) is 6.54 Å². The molecule has 1 fully saturated rings. The van der Waals surface area contributed by atoms with E-state index in [4.69, 9.17) is 4.74 Å². The molecule has 1 aromatic rings. The molecule has 1 saturated carbocycles. The molecule has 0 saturated heterocycles. The lowest BCUT2D eigenvalue weighted by Crippen LogP contribution is -2.12. The number of aliphatic imine (C=N–C) groups is 1. The summed E-state index contributed by atoms with van der Waals surface area (Å²) in [5.41, 5.74) is 1.89. The van der Waals surface area contributed by atoms with Crippen molar-refractivity contribution in [2.45, 2.75) is 24.9 Å². The molecule has 4 heteroatoms. The number of nitrogens with zero attached hydrogens (tertiary/aromatic N) is 2. The molecular weight excluding hydrogens is 228 g/mol. The normalized spacial score (nSPS) is 16.2. The monoisotopic (exact) mass is 246 g/mol. The second-order valence-electron chi connectivity index (χ2n) is 5.04. The minimum atomic E-state index is -0.336. The second kappa shape index (κ2) is 4.92. The fourth-order valence-corrected chi connectivity index (χ4v) is 2.17. The van der Waals surface area contributed by atoms with Crippen molar-refractivity contribution in [2.24, 2.45) is 4.99 Å². The number of carbonyl (C=O) groups excluding carboxylic acids is 1. The average molecular weight is 246 g/mol. The van der Waals surface area contributed by atoms with Crippen LogP contribution in [0.25, 0.3) is 0 Å². The second-order valence-corrected chi connectivity index (χ2v) is 5.04. The summed E-state index contributed by atoms with van der Waals surface area (Å²) in [6.07, 6.45) is 3.52. The lowest BCUT2D eigenvalue weighted by atomic mass is 10.0. The Labute approximate surface area is 107 Å². The van der Waals surface area contributed by atoms with E-state index in [1.165, 1.54) is 5.56 Å². The number of methoxy groups -OCH3 is 1. The molecule has 0 atom stereocenters. The van der Waals surface area contributed by atoms with E-state index in [2.05, 4.69) is 16.0 Å². The maximum atomic E-state index is 10.5. The van der Waals surface area contributed by atoms with Crippen molar-refractivity contribution in [2.75, 3.05) is 21.2 Å². The van der Waals surface area contributed by atoms with E-state index in [1.54, 1.807) is 13.2 Å². The van der Waals surface area contributed by atoms with Gasteiger partial charge in [0.05, 0.1) is 12.6 Å². The van der Waals surface area contributed by atoms with Gasteiger partial charge in [0.2, 0.25) is 6.08 Å². The van der Waals surface area contributed by atoms with Crippen molar-refractivity contribution < 1.29 is 9.53 Å². The summed E-state index contributed by atoms with van der Waals surface area (Å²) in [5, 5.41) is 0. The van der Waals surface area contributed by atoms with Crippen LogP contribution < -0.4 is 4.74 Å². The van der Waals surface area contributed by atoms with Crippen LogP contribution in [0.1, 0.15) is 24.0 Å². The summed E-state index contributed by atoms with van der Waals surface area (Å²) in [6, 6.07) is 6.09. The van der Waals surface area contributed by atoms with Crippen LogP contribution in [0.15, 0.2) is 23.2 Å². The zero-order chi connectivity index (χ0) is 13.2. The van der Waals surface area contributed by atoms with Gasteiger partial charge in [-0.1, -0.05) is 6.07 Å². The van der Waals surface area contributed by atoms with Gasteiger partial charge in [-0.05, 0) is 50.2 Å². The zero-order valence-electron chi connectivity index (χ0n) is 11.1. The molecule has 96 valence electrons. The third-order valence-electron chi connectivity index (χ3n) is 3.22. The van der Waals surface area contributed by atoms with Crippen LogP contribution in [0.4, 0.5) is 0 Å². The lowest BCUT2D eigenvalue weighted by molar-refractivity contribution is 0.394. The number of ether oxygens (including phenoxy) is 1. The van der Waals surface area contributed by atoms with Crippen LogP contribution >= 0.6 is 0 Å². The van der Waals surface area contributed by atoms with Crippen LogP contribution in [0, 0.1) is 0 Å². The summed E-state index contributed by atoms with van der Waals surface area (Å²) in [6.45, 7) is 0.838. The highest BCUT2D eigenvalue weighted by Crippen LogP contribution is 2.50. The van der Waals surface area contributed by atoms with Gasteiger partial charge in [0.25, 0.3) is 0 Å². The van der Waals surface area contributed by atoms with Crippen LogP contribution in [0.5, 0.6) is 5.75 Å². The lowest BCUT2D eigenvalue weighted by Gasteiger charge is -2.15. The van der Waals surface area contributed by atoms with Gasteiger partial charge in [0.15, 0.2) is 0 Å². The molecule has 1 aromatic carbocycles. The van der Waals surface area contributed by atoms with Crippen molar-refractivity contribution in [3.05, 3.63) is 29.3 Å². The highest BCUT2D eigenvalue weighted by atomic mass is 16.5. The Kier molecular flexibility index (Phi) is 3.50. The smallest absolute Gasteiger partial charge is 0.235 e. The Hall–Kier alpha value is -1.64. The molecule has 0 heterocycles. The van der Waals surface area contributed by atoms with E-state index in [0.717, 1.165) is 30.7 Å². The first-order valence-corrected chi connectivity index (χ1v) is 6.02. The third-order valence-corrected chi connectivity index (χ3v) is 3.22. The Morgan fingerprint density at radius 3 is 2.61 bits per heavy atom. The van der Waals surface area contributed by atoms with Crippen molar-refractivity contribution in [3.63, 3.8) is 0 Å². The third kappa shape index (κ3) is 2.61. The molecule has 1 aliphatic rings. The Morgan fingerprint density at radius 1 is 1.39 bits per heavy atom. The molecule has 0 unspecified atom stereocenters. The summed E-state index contributed by atoms with van der Waals surface area (Å²) in [4.78, 5) is 16.6. The first-order valence-electron chi connectivity index (χ1n) is 6.02. The Bertz CT molecular complexity index is 487. The predicted octanol–water partition coefficient (Wildman–Crippen LogP) is 2.08. The standard InChI is InChI=1S/C14H18N2O2/c1-16(2)9-11-6-12(8-13(7-11)18-3)14(4-5-14)15-10-17/h6-8H,4-5,9H2,1-3H3. The minimum absolute atomic E-state index is 0.336. The Balaban J connectivity index is 2.38. The first-order chi connectivity index (χ1) is 8.59.